The topological polar surface area (TPSA) is 95.9 Å². The molecule has 1 aromatic carbocycles. The molecule has 1 aromatic heterocycles. The fourth-order valence-electron chi connectivity index (χ4n) is 2.90. The summed E-state index contributed by atoms with van der Waals surface area (Å²) in [6.45, 7) is 2.34. The number of hydrogen-bond donors (Lipinski definition) is 2. The number of amides is 2. The molecule has 1 aliphatic rings. The Morgan fingerprint density at radius 3 is 2.50 bits per heavy atom. The molecule has 1 aliphatic heterocycles. The van der Waals surface area contributed by atoms with Crippen molar-refractivity contribution >= 4 is 34.1 Å². The van der Waals surface area contributed by atoms with E-state index < -0.39 is 11.9 Å². The standard InChI is InChI=1S/C18H18N2O5S/c1-10(21)20-8-7-13-14(9-20)26-17(15(13)18(23)24)19-16(22)11-3-5-12(25-2)6-4-11/h3-6H,7-9H2,1-2H3,(H,19,22)(H,23,24). The fourth-order valence-corrected chi connectivity index (χ4v) is 4.15. The summed E-state index contributed by atoms with van der Waals surface area (Å²) in [5.41, 5.74) is 1.22. The van der Waals surface area contributed by atoms with E-state index in [1.807, 2.05) is 0 Å². The number of nitrogens with one attached hydrogen (secondary N) is 1. The predicted molar refractivity (Wildman–Crippen MR) is 97.0 cm³/mol. The summed E-state index contributed by atoms with van der Waals surface area (Å²) in [6, 6.07) is 6.55. The van der Waals surface area contributed by atoms with Crippen molar-refractivity contribution in [1.29, 1.82) is 0 Å². The van der Waals surface area contributed by atoms with Crippen molar-refractivity contribution in [3.63, 3.8) is 0 Å². The molecule has 7 nitrogen and oxygen atoms in total. The molecule has 8 heteroatoms. The minimum atomic E-state index is -1.08. The van der Waals surface area contributed by atoms with Gasteiger partial charge in [-0.2, -0.15) is 0 Å². The van der Waals surface area contributed by atoms with E-state index in [-0.39, 0.29) is 11.5 Å². The van der Waals surface area contributed by atoms with Crippen molar-refractivity contribution in [2.24, 2.45) is 0 Å². The van der Waals surface area contributed by atoms with E-state index in [0.29, 0.717) is 41.4 Å². The van der Waals surface area contributed by atoms with Crippen LogP contribution in [0, 0.1) is 0 Å². The maximum absolute atomic E-state index is 12.5. The Kier molecular flexibility index (Phi) is 4.94. The lowest BCUT2D eigenvalue weighted by Crippen LogP contribution is -2.33. The molecular weight excluding hydrogens is 356 g/mol. The van der Waals surface area contributed by atoms with Gasteiger partial charge in [-0.05, 0) is 36.2 Å². The van der Waals surface area contributed by atoms with Crippen LogP contribution in [0.25, 0.3) is 0 Å². The normalized spacial score (nSPS) is 13.1. The van der Waals surface area contributed by atoms with Crippen LogP contribution in [0.2, 0.25) is 0 Å². The molecule has 0 spiro atoms. The molecule has 0 bridgehead atoms. The lowest BCUT2D eigenvalue weighted by molar-refractivity contribution is -0.129. The van der Waals surface area contributed by atoms with Crippen molar-refractivity contribution in [3.05, 3.63) is 45.8 Å². The minimum absolute atomic E-state index is 0.0512. The van der Waals surface area contributed by atoms with Gasteiger partial charge in [-0.3, -0.25) is 9.59 Å². The molecule has 0 saturated heterocycles. The summed E-state index contributed by atoms with van der Waals surface area (Å²) < 4.78 is 5.06. The van der Waals surface area contributed by atoms with Crippen molar-refractivity contribution in [2.75, 3.05) is 19.0 Å². The van der Waals surface area contributed by atoms with Crippen LogP contribution in [0.4, 0.5) is 5.00 Å². The van der Waals surface area contributed by atoms with Gasteiger partial charge in [0, 0.05) is 23.9 Å². The van der Waals surface area contributed by atoms with Gasteiger partial charge in [0.25, 0.3) is 5.91 Å². The number of carboxylic acid groups (broad SMARTS) is 1. The van der Waals surface area contributed by atoms with Gasteiger partial charge in [0.1, 0.15) is 10.8 Å². The van der Waals surface area contributed by atoms with Gasteiger partial charge in [0.2, 0.25) is 5.91 Å². The summed E-state index contributed by atoms with van der Waals surface area (Å²) in [4.78, 5) is 38.3. The van der Waals surface area contributed by atoms with Gasteiger partial charge < -0.3 is 20.1 Å². The molecule has 2 N–H and O–H groups in total. The Bertz CT molecular complexity index is 872. The van der Waals surface area contributed by atoms with Crippen molar-refractivity contribution < 1.29 is 24.2 Å². The second kappa shape index (κ2) is 7.17. The highest BCUT2D eigenvalue weighted by Crippen LogP contribution is 2.37. The van der Waals surface area contributed by atoms with Crippen LogP contribution >= 0.6 is 11.3 Å². The van der Waals surface area contributed by atoms with Crippen LogP contribution in [0.15, 0.2) is 24.3 Å². The molecule has 0 fully saturated rings. The highest BCUT2D eigenvalue weighted by Gasteiger charge is 2.29. The van der Waals surface area contributed by atoms with Gasteiger partial charge >= 0.3 is 5.97 Å². The highest BCUT2D eigenvalue weighted by molar-refractivity contribution is 7.17. The monoisotopic (exact) mass is 374 g/mol. The Balaban J connectivity index is 1.88. The smallest absolute Gasteiger partial charge is 0.339 e. The number of rotatable bonds is 4. The van der Waals surface area contributed by atoms with E-state index >= 15 is 0 Å². The second-order valence-electron chi connectivity index (χ2n) is 5.89. The Morgan fingerprint density at radius 1 is 1.23 bits per heavy atom. The van der Waals surface area contributed by atoms with E-state index in [1.165, 1.54) is 25.4 Å². The number of hydrogen-bond acceptors (Lipinski definition) is 5. The molecule has 3 rings (SSSR count). The number of aromatic carboxylic acids is 1. The van der Waals surface area contributed by atoms with Crippen molar-refractivity contribution in [2.45, 2.75) is 19.9 Å². The van der Waals surface area contributed by atoms with E-state index in [9.17, 15) is 19.5 Å². The molecule has 0 aliphatic carbocycles. The molecule has 136 valence electrons. The molecule has 2 heterocycles. The number of anilines is 1. The number of methoxy groups -OCH3 is 1. The Morgan fingerprint density at radius 2 is 1.92 bits per heavy atom. The van der Waals surface area contributed by atoms with E-state index in [4.69, 9.17) is 4.74 Å². The van der Waals surface area contributed by atoms with Gasteiger partial charge in [0.15, 0.2) is 0 Å². The molecule has 0 saturated carbocycles. The fraction of sp³-hybridized carbons (Fsp3) is 0.278. The third-order valence-corrected chi connectivity index (χ3v) is 5.43. The van der Waals surface area contributed by atoms with Crippen molar-refractivity contribution in [3.8, 4) is 5.75 Å². The number of nitrogens with zero attached hydrogens (tertiary/aromatic N) is 1. The van der Waals surface area contributed by atoms with Crippen LogP contribution in [-0.2, 0) is 17.8 Å². The first-order chi connectivity index (χ1) is 12.4. The van der Waals surface area contributed by atoms with Crippen LogP contribution in [0.5, 0.6) is 5.75 Å². The number of benzene rings is 1. The van der Waals surface area contributed by atoms with Crippen LogP contribution in [0.1, 0.15) is 38.1 Å². The first kappa shape index (κ1) is 17.9. The Hall–Kier alpha value is -2.87. The van der Waals surface area contributed by atoms with Crippen molar-refractivity contribution in [1.82, 2.24) is 4.90 Å². The number of thiophene rings is 1. The number of carbonyl (C=O) groups excluding carboxylic acids is 2. The maximum Gasteiger partial charge on any atom is 0.339 e. The number of carbonyl (C=O) groups is 3. The molecule has 0 unspecified atom stereocenters. The van der Waals surface area contributed by atoms with E-state index in [1.54, 1.807) is 29.2 Å². The third-order valence-electron chi connectivity index (χ3n) is 4.30. The van der Waals surface area contributed by atoms with Gasteiger partial charge in [-0.25, -0.2) is 4.79 Å². The zero-order valence-corrected chi connectivity index (χ0v) is 15.2. The second-order valence-corrected chi connectivity index (χ2v) is 6.99. The zero-order valence-electron chi connectivity index (χ0n) is 14.4. The van der Waals surface area contributed by atoms with Gasteiger partial charge in [0.05, 0.1) is 19.2 Å². The number of fused-ring (bicyclic) bond motifs is 1. The number of ether oxygens (including phenoxy) is 1. The average Bonchev–Trinajstić information content (AvgIpc) is 2.98. The summed E-state index contributed by atoms with van der Waals surface area (Å²) >= 11 is 1.21. The zero-order chi connectivity index (χ0) is 18.8. The average molecular weight is 374 g/mol. The number of carboxylic acids is 1. The first-order valence-electron chi connectivity index (χ1n) is 7.99. The van der Waals surface area contributed by atoms with E-state index in [2.05, 4.69) is 5.32 Å². The summed E-state index contributed by atoms with van der Waals surface area (Å²) in [5, 5.41) is 12.6. The molecule has 0 radical (unpaired) electrons. The Labute approximate surface area is 154 Å². The summed E-state index contributed by atoms with van der Waals surface area (Å²) in [5.74, 6) is -0.894. The molecule has 2 aromatic rings. The molecular formula is C18H18N2O5S. The molecule has 0 atom stereocenters. The third kappa shape index (κ3) is 3.41. The first-order valence-corrected chi connectivity index (χ1v) is 8.81. The predicted octanol–water partition coefficient (Wildman–Crippen LogP) is 2.61. The summed E-state index contributed by atoms with van der Waals surface area (Å²) in [6.07, 6.45) is 0.464. The molecule has 2 amide bonds. The van der Waals surface area contributed by atoms with Crippen LogP contribution in [0.3, 0.4) is 0 Å². The highest BCUT2D eigenvalue weighted by atomic mass is 32.1. The van der Waals surface area contributed by atoms with Gasteiger partial charge in [-0.15, -0.1) is 11.3 Å². The van der Waals surface area contributed by atoms with Crippen LogP contribution in [-0.4, -0.2) is 41.4 Å². The lowest BCUT2D eigenvalue weighted by Gasteiger charge is -2.25. The largest absolute Gasteiger partial charge is 0.497 e. The maximum atomic E-state index is 12.5. The molecule has 26 heavy (non-hydrogen) atoms. The van der Waals surface area contributed by atoms with Gasteiger partial charge in [-0.1, -0.05) is 0 Å². The SMILES string of the molecule is COc1ccc(C(=O)Nc2sc3c(c2C(=O)O)CCN(C(C)=O)C3)cc1. The van der Waals surface area contributed by atoms with Crippen LogP contribution < -0.4 is 10.1 Å². The summed E-state index contributed by atoms with van der Waals surface area (Å²) in [7, 11) is 1.54. The lowest BCUT2D eigenvalue weighted by atomic mass is 10.0. The minimum Gasteiger partial charge on any atom is -0.497 e. The van der Waals surface area contributed by atoms with E-state index in [0.717, 1.165) is 4.88 Å². The quantitative estimate of drug-likeness (QED) is 0.858.